The summed E-state index contributed by atoms with van der Waals surface area (Å²) in [6.45, 7) is 5.02. The Bertz CT molecular complexity index is 1380. The van der Waals surface area contributed by atoms with E-state index in [0.717, 1.165) is 40.3 Å². The van der Waals surface area contributed by atoms with Gasteiger partial charge in [0.1, 0.15) is 0 Å². The van der Waals surface area contributed by atoms with E-state index in [1.54, 1.807) is 24.3 Å². The summed E-state index contributed by atoms with van der Waals surface area (Å²) in [5.41, 5.74) is 9.01. The fourth-order valence-corrected chi connectivity index (χ4v) is 4.70. The quantitative estimate of drug-likeness (QED) is 0.255. The lowest BCUT2D eigenvalue weighted by molar-refractivity contribution is -0.384. The van der Waals surface area contributed by atoms with Gasteiger partial charge < -0.3 is 5.32 Å². The fraction of sp³-hybridized carbons (Fsp3) is 0.214. The van der Waals surface area contributed by atoms with Gasteiger partial charge >= 0.3 is 0 Å². The molecule has 0 aliphatic heterocycles. The Labute approximate surface area is 209 Å². The van der Waals surface area contributed by atoms with Crippen LogP contribution in [0.15, 0.2) is 96.2 Å². The van der Waals surface area contributed by atoms with Gasteiger partial charge in [-0.3, -0.25) is 15.5 Å². The molecule has 1 aliphatic rings. The minimum absolute atomic E-state index is 0.0268. The summed E-state index contributed by atoms with van der Waals surface area (Å²) in [4.78, 5) is 10.6. The summed E-state index contributed by atoms with van der Waals surface area (Å²) in [6.07, 6.45) is 2.64. The molecule has 2 N–H and O–H groups in total. The highest BCUT2D eigenvalue weighted by atomic mass is 16.6. The topological polar surface area (TPSA) is 97.4 Å². The first kappa shape index (κ1) is 23.4. The van der Waals surface area contributed by atoms with Crippen molar-refractivity contribution in [3.8, 4) is 5.69 Å². The second kappa shape index (κ2) is 9.75. The number of nitro groups is 1. The molecule has 182 valence electrons. The number of hydrazone groups is 1. The number of benzene rings is 3. The fourth-order valence-electron chi connectivity index (χ4n) is 4.70. The van der Waals surface area contributed by atoms with Gasteiger partial charge in [0, 0.05) is 24.2 Å². The smallest absolute Gasteiger partial charge is 0.269 e. The average molecular weight is 481 g/mol. The number of nitrogens with zero attached hydrogens (tertiary/aromatic N) is 4. The van der Waals surface area contributed by atoms with Crippen LogP contribution in [0.2, 0.25) is 0 Å². The number of para-hydroxylation sites is 2. The zero-order chi connectivity index (χ0) is 25.1. The van der Waals surface area contributed by atoms with E-state index in [-0.39, 0.29) is 22.1 Å². The lowest BCUT2D eigenvalue weighted by Crippen LogP contribution is -2.41. The lowest BCUT2D eigenvalue weighted by Gasteiger charge is -2.40. The van der Waals surface area contributed by atoms with Crippen molar-refractivity contribution in [1.82, 2.24) is 15.1 Å². The van der Waals surface area contributed by atoms with Crippen LogP contribution in [0.3, 0.4) is 0 Å². The van der Waals surface area contributed by atoms with Crippen molar-refractivity contribution in [3.05, 3.63) is 118 Å². The second-order valence-electron chi connectivity index (χ2n) is 9.63. The van der Waals surface area contributed by atoms with Gasteiger partial charge in [-0.05, 0) is 41.7 Å². The van der Waals surface area contributed by atoms with Crippen molar-refractivity contribution < 1.29 is 4.92 Å². The number of nitrogens with one attached hydrogen (secondary N) is 2. The highest BCUT2D eigenvalue weighted by Gasteiger charge is 2.42. The summed E-state index contributed by atoms with van der Waals surface area (Å²) in [7, 11) is 0. The first-order chi connectivity index (χ1) is 17.4. The molecule has 1 aliphatic carbocycles. The molecule has 0 saturated carbocycles. The van der Waals surface area contributed by atoms with Crippen LogP contribution in [0, 0.1) is 15.5 Å². The molecule has 0 amide bonds. The van der Waals surface area contributed by atoms with Gasteiger partial charge in [-0.2, -0.15) is 10.2 Å². The van der Waals surface area contributed by atoms with Gasteiger partial charge in [-0.25, -0.2) is 4.68 Å². The monoisotopic (exact) mass is 480 g/mol. The predicted molar refractivity (Wildman–Crippen MR) is 141 cm³/mol. The molecule has 8 heteroatoms. The third-order valence-electron chi connectivity index (χ3n) is 6.55. The van der Waals surface area contributed by atoms with E-state index in [1.807, 2.05) is 71.5 Å². The molecule has 0 radical (unpaired) electrons. The van der Waals surface area contributed by atoms with Gasteiger partial charge in [0.2, 0.25) is 0 Å². The van der Waals surface area contributed by atoms with E-state index in [9.17, 15) is 10.1 Å². The summed E-state index contributed by atoms with van der Waals surface area (Å²) in [5.74, 6) is 0. The maximum atomic E-state index is 11.0. The van der Waals surface area contributed by atoms with Crippen molar-refractivity contribution in [2.75, 3.05) is 5.43 Å². The molecule has 0 saturated heterocycles. The lowest BCUT2D eigenvalue weighted by atomic mass is 9.71. The molecule has 1 atom stereocenters. The second-order valence-corrected chi connectivity index (χ2v) is 9.63. The Morgan fingerprint density at radius 3 is 2.36 bits per heavy atom. The van der Waals surface area contributed by atoms with Crippen molar-refractivity contribution in [3.63, 3.8) is 0 Å². The van der Waals surface area contributed by atoms with Crippen LogP contribution in [0.5, 0.6) is 0 Å². The Hall–Kier alpha value is -4.30. The maximum absolute atomic E-state index is 11.0. The van der Waals surface area contributed by atoms with E-state index in [4.69, 9.17) is 10.2 Å². The van der Waals surface area contributed by atoms with Crippen molar-refractivity contribution in [2.24, 2.45) is 10.5 Å². The largest absolute Gasteiger partial charge is 0.304 e. The number of hydrogen-bond acceptors (Lipinski definition) is 6. The van der Waals surface area contributed by atoms with Crippen molar-refractivity contribution in [2.45, 2.75) is 32.9 Å². The Kier molecular flexibility index (Phi) is 6.35. The number of non-ortho nitro benzene ring substituents is 1. The van der Waals surface area contributed by atoms with E-state index in [0.29, 0.717) is 6.54 Å². The molecule has 5 rings (SSSR count). The van der Waals surface area contributed by atoms with Crippen LogP contribution >= 0.6 is 0 Å². The molecule has 4 aromatic rings. The zero-order valence-corrected chi connectivity index (χ0v) is 20.3. The van der Waals surface area contributed by atoms with Gasteiger partial charge in [0.25, 0.3) is 5.69 Å². The molecule has 0 spiro atoms. The Morgan fingerprint density at radius 1 is 1.03 bits per heavy atom. The first-order valence-electron chi connectivity index (χ1n) is 11.9. The number of anilines is 1. The molecular weight excluding hydrogens is 452 g/mol. The number of hydrogen-bond donors (Lipinski definition) is 2. The molecule has 0 fully saturated rings. The number of rotatable bonds is 7. The highest BCUT2D eigenvalue weighted by Crippen LogP contribution is 2.44. The predicted octanol–water partition coefficient (Wildman–Crippen LogP) is 5.86. The third-order valence-corrected chi connectivity index (χ3v) is 6.55. The van der Waals surface area contributed by atoms with E-state index in [2.05, 4.69) is 24.6 Å². The summed E-state index contributed by atoms with van der Waals surface area (Å²) >= 11 is 0. The molecule has 8 nitrogen and oxygen atoms in total. The van der Waals surface area contributed by atoms with Crippen LogP contribution in [-0.2, 0) is 6.54 Å². The number of fused-ring (bicyclic) bond motifs is 1. The minimum atomic E-state index is -0.378. The molecule has 36 heavy (non-hydrogen) atoms. The van der Waals surface area contributed by atoms with E-state index < -0.39 is 0 Å². The molecular formula is C28H28N6O2. The maximum Gasteiger partial charge on any atom is 0.269 e. The first-order valence-corrected chi connectivity index (χ1v) is 11.9. The number of aromatic nitrogens is 2. The zero-order valence-electron chi connectivity index (χ0n) is 20.3. The van der Waals surface area contributed by atoms with E-state index >= 15 is 0 Å². The van der Waals surface area contributed by atoms with Gasteiger partial charge in [-0.1, -0.05) is 62.4 Å². The van der Waals surface area contributed by atoms with Crippen LogP contribution < -0.4 is 10.7 Å². The van der Waals surface area contributed by atoms with Crippen LogP contribution in [0.1, 0.15) is 43.1 Å². The molecule has 1 heterocycles. The Balaban J connectivity index is 1.51. The standard InChI is InChI=1S/C28H28N6O2/c1-28(2)17-25(32-31-21-9-5-3-6-10-21)24-19-30-33(22-11-7-4-8-12-22)26(24)27(28)29-18-20-13-15-23(16-14-20)34(35)36/h3-16,19,27,29,31H,17-18H2,1-2H3/b32-25-. The normalized spacial score (nSPS) is 17.5. The molecule has 1 aromatic heterocycles. The molecule has 3 aromatic carbocycles. The van der Waals surface area contributed by atoms with Crippen LogP contribution in [-0.4, -0.2) is 20.4 Å². The van der Waals surface area contributed by atoms with E-state index in [1.165, 1.54) is 0 Å². The molecule has 1 unspecified atom stereocenters. The summed E-state index contributed by atoms with van der Waals surface area (Å²) in [5, 5.41) is 24.3. The van der Waals surface area contributed by atoms with Gasteiger partial charge in [-0.15, -0.1) is 0 Å². The Morgan fingerprint density at radius 2 is 1.69 bits per heavy atom. The van der Waals surface area contributed by atoms with Gasteiger partial charge in [0.05, 0.1) is 39.9 Å². The summed E-state index contributed by atoms with van der Waals surface area (Å²) in [6, 6.07) is 26.6. The number of nitro benzene ring substituents is 1. The van der Waals surface area contributed by atoms with Crippen molar-refractivity contribution >= 4 is 17.1 Å². The third kappa shape index (κ3) is 4.76. The van der Waals surface area contributed by atoms with Crippen LogP contribution in [0.4, 0.5) is 11.4 Å². The minimum Gasteiger partial charge on any atom is -0.304 e. The van der Waals surface area contributed by atoms with Crippen molar-refractivity contribution in [1.29, 1.82) is 0 Å². The summed E-state index contributed by atoms with van der Waals surface area (Å²) < 4.78 is 1.99. The molecule has 0 bridgehead atoms. The van der Waals surface area contributed by atoms with Crippen LogP contribution in [0.25, 0.3) is 5.69 Å². The SMILES string of the molecule is CC1(C)C/C(=N/Nc2ccccc2)c2cnn(-c3ccccc3)c2C1NCc1ccc([N+](=O)[O-])cc1. The average Bonchev–Trinajstić information content (AvgIpc) is 3.33. The highest BCUT2D eigenvalue weighted by molar-refractivity contribution is 6.03. The van der Waals surface area contributed by atoms with Gasteiger partial charge in [0.15, 0.2) is 0 Å².